The molecule has 0 amide bonds. The van der Waals surface area contributed by atoms with E-state index in [9.17, 15) is 0 Å². The summed E-state index contributed by atoms with van der Waals surface area (Å²) < 4.78 is 22.7. The lowest BCUT2D eigenvalue weighted by Gasteiger charge is -2.23. The van der Waals surface area contributed by atoms with Gasteiger partial charge in [-0.2, -0.15) is 0 Å². The molecule has 1 aliphatic rings. The predicted octanol–water partition coefficient (Wildman–Crippen LogP) is 4.06. The monoisotopic (exact) mass is 374 g/mol. The number of methoxy groups -OCH3 is 2. The van der Waals surface area contributed by atoms with E-state index in [1.165, 1.54) is 0 Å². The molecule has 27 heavy (non-hydrogen) atoms. The van der Waals surface area contributed by atoms with Gasteiger partial charge in [0, 0.05) is 19.7 Å². The molecule has 1 fully saturated rings. The molecular weight excluding hydrogens is 344 g/mol. The van der Waals surface area contributed by atoms with E-state index >= 15 is 0 Å². The van der Waals surface area contributed by atoms with Crippen molar-refractivity contribution in [3.63, 3.8) is 0 Å². The smallest absolute Gasteiger partial charge is 0.230 e. The van der Waals surface area contributed by atoms with Crippen LogP contribution >= 0.6 is 0 Å². The molecule has 2 heterocycles. The van der Waals surface area contributed by atoms with E-state index in [1.807, 2.05) is 25.1 Å². The normalized spacial score (nSPS) is 16.9. The Labute approximate surface area is 161 Å². The summed E-state index contributed by atoms with van der Waals surface area (Å²) in [6.45, 7) is 7.77. The van der Waals surface area contributed by atoms with Crippen LogP contribution in [0.4, 0.5) is 0 Å². The molecule has 1 aromatic carbocycles. The molecule has 2 aromatic rings. The highest BCUT2D eigenvalue weighted by atomic mass is 16.5. The van der Waals surface area contributed by atoms with Crippen molar-refractivity contribution in [2.24, 2.45) is 0 Å². The topological polar surface area (TPSA) is 57.0 Å². The Morgan fingerprint density at radius 3 is 2.78 bits per heavy atom. The van der Waals surface area contributed by atoms with Gasteiger partial charge in [-0.05, 0) is 44.9 Å². The summed E-state index contributed by atoms with van der Waals surface area (Å²) in [6, 6.07) is 5.72. The van der Waals surface area contributed by atoms with E-state index < -0.39 is 0 Å². The lowest BCUT2D eigenvalue weighted by molar-refractivity contribution is 0.0701. The van der Waals surface area contributed by atoms with Crippen molar-refractivity contribution in [1.29, 1.82) is 0 Å². The fraction of sp³-hybridized carbons (Fsp3) is 0.571. The predicted molar refractivity (Wildman–Crippen MR) is 104 cm³/mol. The second-order valence-electron chi connectivity index (χ2n) is 6.93. The maximum absolute atomic E-state index is 5.99. The molecule has 3 rings (SSSR count). The standard InChI is InChI=1S/C21H30N2O4/c1-5-11-23(13-16-8-7-12-26-16)14-18-15(2)27-21(22-18)17-9-6-10-19(24-3)20(17)25-4/h6,9-10,16H,5,7-8,11-14H2,1-4H3/t16-/m1/s1. The molecule has 1 saturated heterocycles. The van der Waals surface area contributed by atoms with Crippen molar-refractivity contribution in [3.8, 4) is 23.0 Å². The van der Waals surface area contributed by atoms with E-state index in [-0.39, 0.29) is 0 Å². The number of hydrogen-bond acceptors (Lipinski definition) is 6. The van der Waals surface area contributed by atoms with Crippen LogP contribution in [-0.2, 0) is 11.3 Å². The van der Waals surface area contributed by atoms with Crippen LogP contribution in [-0.4, -0.2) is 49.9 Å². The van der Waals surface area contributed by atoms with E-state index in [1.54, 1.807) is 14.2 Å². The molecule has 6 nitrogen and oxygen atoms in total. The molecular formula is C21H30N2O4. The average molecular weight is 374 g/mol. The van der Waals surface area contributed by atoms with Gasteiger partial charge in [-0.15, -0.1) is 0 Å². The SMILES string of the molecule is CCCN(Cc1nc(-c2cccc(OC)c2OC)oc1C)C[C@H]1CCCO1. The van der Waals surface area contributed by atoms with E-state index in [0.717, 1.165) is 62.5 Å². The second kappa shape index (κ2) is 9.24. The first-order valence-electron chi connectivity index (χ1n) is 9.67. The summed E-state index contributed by atoms with van der Waals surface area (Å²) in [7, 11) is 3.25. The molecule has 0 aliphatic carbocycles. The molecule has 148 valence electrons. The second-order valence-corrected chi connectivity index (χ2v) is 6.93. The van der Waals surface area contributed by atoms with E-state index in [4.69, 9.17) is 23.6 Å². The zero-order chi connectivity index (χ0) is 19.2. The van der Waals surface area contributed by atoms with Gasteiger partial charge in [0.05, 0.1) is 31.6 Å². The first-order chi connectivity index (χ1) is 13.2. The van der Waals surface area contributed by atoms with Crippen LogP contribution < -0.4 is 9.47 Å². The Balaban J connectivity index is 1.81. The molecule has 1 atom stereocenters. The van der Waals surface area contributed by atoms with Crippen molar-refractivity contribution in [2.45, 2.75) is 45.8 Å². The van der Waals surface area contributed by atoms with Gasteiger partial charge >= 0.3 is 0 Å². The van der Waals surface area contributed by atoms with Crippen molar-refractivity contribution in [3.05, 3.63) is 29.7 Å². The molecule has 0 spiro atoms. The minimum Gasteiger partial charge on any atom is -0.493 e. The van der Waals surface area contributed by atoms with Gasteiger partial charge < -0.3 is 18.6 Å². The van der Waals surface area contributed by atoms with Crippen molar-refractivity contribution in [2.75, 3.05) is 33.9 Å². The Hall–Kier alpha value is -2.05. The summed E-state index contributed by atoms with van der Waals surface area (Å²) in [4.78, 5) is 7.19. The maximum Gasteiger partial charge on any atom is 0.230 e. The number of aryl methyl sites for hydroxylation is 1. The molecule has 0 bridgehead atoms. The Morgan fingerprint density at radius 2 is 2.11 bits per heavy atom. The summed E-state index contributed by atoms with van der Waals surface area (Å²) in [5.74, 6) is 2.70. The van der Waals surface area contributed by atoms with Crippen LogP contribution in [0.5, 0.6) is 11.5 Å². The van der Waals surface area contributed by atoms with Gasteiger partial charge in [-0.25, -0.2) is 4.98 Å². The molecule has 0 N–H and O–H groups in total. The summed E-state index contributed by atoms with van der Waals surface area (Å²) >= 11 is 0. The van der Waals surface area contributed by atoms with Crippen LogP contribution in [0, 0.1) is 6.92 Å². The first-order valence-corrected chi connectivity index (χ1v) is 9.67. The number of hydrogen-bond donors (Lipinski definition) is 0. The maximum atomic E-state index is 5.99. The van der Waals surface area contributed by atoms with Crippen LogP contribution in [0.15, 0.2) is 22.6 Å². The van der Waals surface area contributed by atoms with Crippen LogP contribution in [0.2, 0.25) is 0 Å². The summed E-state index contributed by atoms with van der Waals surface area (Å²) in [6.07, 6.45) is 3.74. The van der Waals surface area contributed by atoms with Gasteiger partial charge in [0.1, 0.15) is 5.76 Å². The van der Waals surface area contributed by atoms with Gasteiger partial charge in [0.15, 0.2) is 11.5 Å². The lowest BCUT2D eigenvalue weighted by atomic mass is 10.2. The minimum atomic E-state index is 0.335. The number of benzene rings is 1. The molecule has 1 aliphatic heterocycles. The van der Waals surface area contributed by atoms with Crippen molar-refractivity contribution < 1.29 is 18.6 Å². The van der Waals surface area contributed by atoms with Crippen LogP contribution in [0.25, 0.3) is 11.5 Å². The zero-order valence-corrected chi connectivity index (χ0v) is 16.8. The van der Waals surface area contributed by atoms with Gasteiger partial charge in [-0.1, -0.05) is 13.0 Å². The third kappa shape index (κ3) is 4.62. The highest BCUT2D eigenvalue weighted by Crippen LogP contribution is 2.38. The van der Waals surface area contributed by atoms with Crippen LogP contribution in [0.3, 0.4) is 0 Å². The van der Waals surface area contributed by atoms with Gasteiger partial charge in [0.2, 0.25) is 5.89 Å². The number of nitrogens with zero attached hydrogens (tertiary/aromatic N) is 2. The molecule has 0 saturated carbocycles. The van der Waals surface area contributed by atoms with Gasteiger partial charge in [-0.3, -0.25) is 4.90 Å². The van der Waals surface area contributed by atoms with Crippen molar-refractivity contribution >= 4 is 0 Å². The first kappa shape index (κ1) is 19.7. The molecule has 1 aromatic heterocycles. The summed E-state index contributed by atoms with van der Waals surface area (Å²) in [5.41, 5.74) is 1.76. The summed E-state index contributed by atoms with van der Waals surface area (Å²) in [5, 5.41) is 0. The highest BCUT2D eigenvalue weighted by Gasteiger charge is 2.22. The Morgan fingerprint density at radius 1 is 1.26 bits per heavy atom. The molecule has 0 radical (unpaired) electrons. The zero-order valence-electron chi connectivity index (χ0n) is 16.8. The number of oxazole rings is 1. The third-order valence-corrected chi connectivity index (χ3v) is 4.93. The van der Waals surface area contributed by atoms with Crippen LogP contribution in [0.1, 0.15) is 37.6 Å². The number of ether oxygens (including phenoxy) is 3. The third-order valence-electron chi connectivity index (χ3n) is 4.93. The molecule has 0 unspecified atom stereocenters. The fourth-order valence-electron chi connectivity index (χ4n) is 3.58. The quantitative estimate of drug-likeness (QED) is 0.660. The van der Waals surface area contributed by atoms with E-state index in [2.05, 4.69) is 11.8 Å². The largest absolute Gasteiger partial charge is 0.493 e. The average Bonchev–Trinajstić information content (AvgIpc) is 3.31. The number of rotatable bonds is 9. The molecule has 6 heteroatoms. The van der Waals surface area contributed by atoms with Gasteiger partial charge in [0.25, 0.3) is 0 Å². The minimum absolute atomic E-state index is 0.335. The Bertz CT molecular complexity index is 738. The van der Waals surface area contributed by atoms with Crippen molar-refractivity contribution in [1.82, 2.24) is 9.88 Å². The number of para-hydroxylation sites is 1. The highest BCUT2D eigenvalue weighted by molar-refractivity contribution is 5.68. The Kier molecular flexibility index (Phi) is 6.74. The fourth-order valence-corrected chi connectivity index (χ4v) is 3.58. The van der Waals surface area contributed by atoms with E-state index in [0.29, 0.717) is 23.5 Å². The number of aromatic nitrogens is 1. The lowest BCUT2D eigenvalue weighted by Crippen LogP contribution is -2.32.